The van der Waals surface area contributed by atoms with Crippen LogP contribution >= 0.6 is 8.38 Å². The Labute approximate surface area is 139 Å². The molecule has 2 aromatic heterocycles. The highest BCUT2D eigenvalue weighted by atomic mass is 31.2. The van der Waals surface area contributed by atoms with Crippen LogP contribution in [0.3, 0.4) is 0 Å². The minimum absolute atomic E-state index is 0.109. The Hall–Kier alpha value is -1.67. The molecule has 0 radical (unpaired) electrons. The number of aromatic nitrogens is 4. The second kappa shape index (κ2) is 9.58. The predicted octanol–water partition coefficient (Wildman–Crippen LogP) is 2.27. The summed E-state index contributed by atoms with van der Waals surface area (Å²) in [6, 6.07) is 0. The first-order valence-corrected chi connectivity index (χ1v) is 8.93. The van der Waals surface area contributed by atoms with Crippen molar-refractivity contribution >= 4 is 25.7 Å². The Morgan fingerprint density at radius 1 is 1.54 bits per heavy atom. The summed E-state index contributed by atoms with van der Waals surface area (Å²) in [6.45, 7) is 7.31. The van der Waals surface area contributed by atoms with Crippen molar-refractivity contribution in [3.63, 3.8) is 0 Å². The highest BCUT2D eigenvalue weighted by molar-refractivity contribution is 7.44. The molecule has 2 aromatic rings. The Balaban J connectivity index is 0.00000139. The first-order chi connectivity index (χ1) is 11.4. The van der Waals surface area contributed by atoms with Gasteiger partial charge in [-0.15, -0.1) is 0 Å². The van der Waals surface area contributed by atoms with Crippen LogP contribution in [0.25, 0.3) is 17.4 Å². The molecule has 1 unspecified atom stereocenters. The number of aryl methyl sites for hydroxylation is 1. The van der Waals surface area contributed by atoms with E-state index in [2.05, 4.69) is 15.0 Å². The van der Waals surface area contributed by atoms with Crippen LogP contribution in [0, 0.1) is 6.92 Å². The summed E-state index contributed by atoms with van der Waals surface area (Å²) in [6.07, 6.45) is 1.46. The van der Waals surface area contributed by atoms with Gasteiger partial charge in [0.2, 0.25) is 0 Å². The molecular formula is C14H22FN4O4P. The van der Waals surface area contributed by atoms with E-state index in [1.807, 2.05) is 13.8 Å². The maximum atomic E-state index is 14.2. The number of hydrogen-bond acceptors (Lipinski definition) is 6. The SMILES string of the molecule is CC.CCC(OCP(O)O)/C(F)=C\n1cnc2c(=O)[nH]c(C)nc21. The van der Waals surface area contributed by atoms with Crippen LogP contribution in [-0.4, -0.2) is 41.8 Å². The van der Waals surface area contributed by atoms with Gasteiger partial charge in [0.05, 0.1) is 0 Å². The number of fused-ring (bicyclic) bond motifs is 1. The lowest BCUT2D eigenvalue weighted by atomic mass is 10.2. The van der Waals surface area contributed by atoms with Gasteiger partial charge in [0.1, 0.15) is 30.4 Å². The number of hydrogen-bond donors (Lipinski definition) is 3. The van der Waals surface area contributed by atoms with Crippen LogP contribution in [0.4, 0.5) is 4.39 Å². The molecule has 0 aliphatic carbocycles. The molecule has 0 bridgehead atoms. The van der Waals surface area contributed by atoms with Gasteiger partial charge in [0.25, 0.3) is 5.56 Å². The number of rotatable bonds is 6. The fourth-order valence-electron chi connectivity index (χ4n) is 1.90. The molecule has 0 saturated heterocycles. The standard InChI is InChI=1S/C12H16FN4O4P.C2H6/c1-3-9(21-6-22(19)20)8(13)4-17-5-14-10-11(17)15-7(2)16-12(10)18;1-2/h4-5,9,19-20H,3,6H2,1-2H3,(H,15,16,18);1-2H3/b8-4+;. The number of imidazole rings is 1. The molecule has 0 amide bonds. The van der Waals surface area contributed by atoms with Gasteiger partial charge in [-0.2, -0.15) is 0 Å². The van der Waals surface area contributed by atoms with Gasteiger partial charge in [-0.1, -0.05) is 20.8 Å². The normalized spacial score (nSPS) is 13.1. The van der Waals surface area contributed by atoms with Crippen LogP contribution < -0.4 is 5.56 Å². The van der Waals surface area contributed by atoms with Gasteiger partial charge in [-0.25, -0.2) is 14.4 Å². The van der Waals surface area contributed by atoms with E-state index in [-0.39, 0.29) is 17.5 Å². The summed E-state index contributed by atoms with van der Waals surface area (Å²) >= 11 is 0. The molecular weight excluding hydrogens is 338 g/mol. The Morgan fingerprint density at radius 2 is 2.21 bits per heavy atom. The van der Waals surface area contributed by atoms with Crippen molar-refractivity contribution in [1.82, 2.24) is 19.5 Å². The van der Waals surface area contributed by atoms with Crippen LogP contribution in [-0.2, 0) is 4.74 Å². The van der Waals surface area contributed by atoms with Crippen molar-refractivity contribution in [3.05, 3.63) is 28.3 Å². The third-order valence-electron chi connectivity index (χ3n) is 2.88. The average molecular weight is 360 g/mol. The van der Waals surface area contributed by atoms with Crippen LogP contribution in [0.15, 0.2) is 16.9 Å². The Kier molecular flexibility index (Phi) is 8.14. The number of H-pyrrole nitrogens is 1. The van der Waals surface area contributed by atoms with Crippen LogP contribution in [0.5, 0.6) is 0 Å². The number of nitrogens with zero attached hydrogens (tertiary/aromatic N) is 3. The van der Waals surface area contributed by atoms with Gasteiger partial charge >= 0.3 is 0 Å². The molecule has 8 nitrogen and oxygen atoms in total. The first kappa shape index (κ1) is 20.4. The molecule has 3 N–H and O–H groups in total. The Morgan fingerprint density at radius 3 is 2.79 bits per heavy atom. The monoisotopic (exact) mass is 360 g/mol. The van der Waals surface area contributed by atoms with E-state index < -0.39 is 25.9 Å². The molecule has 24 heavy (non-hydrogen) atoms. The molecule has 1 atom stereocenters. The average Bonchev–Trinajstić information content (AvgIpc) is 2.93. The predicted molar refractivity (Wildman–Crippen MR) is 91.0 cm³/mol. The van der Waals surface area contributed by atoms with Crippen molar-refractivity contribution in [1.29, 1.82) is 0 Å². The number of ether oxygens (including phenoxy) is 1. The third-order valence-corrected chi connectivity index (χ3v) is 3.26. The zero-order chi connectivity index (χ0) is 18.3. The Bertz CT molecular complexity index is 744. The second-order valence-electron chi connectivity index (χ2n) is 4.55. The molecule has 0 aromatic carbocycles. The van der Waals surface area contributed by atoms with Crippen molar-refractivity contribution in [2.75, 3.05) is 6.35 Å². The van der Waals surface area contributed by atoms with Gasteiger partial charge in [0.15, 0.2) is 19.5 Å². The van der Waals surface area contributed by atoms with Crippen molar-refractivity contribution in [2.24, 2.45) is 0 Å². The van der Waals surface area contributed by atoms with Crippen LogP contribution in [0.1, 0.15) is 33.0 Å². The quantitative estimate of drug-likeness (QED) is 0.681. The topological polar surface area (TPSA) is 113 Å². The van der Waals surface area contributed by atoms with E-state index in [1.54, 1.807) is 13.8 Å². The summed E-state index contributed by atoms with van der Waals surface area (Å²) in [4.78, 5) is 39.9. The summed E-state index contributed by atoms with van der Waals surface area (Å²) in [7, 11) is -2.24. The lowest BCUT2D eigenvalue weighted by Crippen LogP contribution is -2.14. The van der Waals surface area contributed by atoms with Gasteiger partial charge < -0.3 is 19.5 Å². The number of nitrogens with one attached hydrogen (secondary N) is 1. The van der Waals surface area contributed by atoms with E-state index >= 15 is 0 Å². The van der Waals surface area contributed by atoms with E-state index in [9.17, 15) is 9.18 Å². The summed E-state index contributed by atoms with van der Waals surface area (Å²) in [5, 5.41) is 0. The molecule has 2 heterocycles. The minimum atomic E-state index is -2.24. The summed E-state index contributed by atoms with van der Waals surface area (Å²) < 4.78 is 20.6. The number of halogens is 1. The van der Waals surface area contributed by atoms with E-state index in [1.165, 1.54) is 10.9 Å². The lowest BCUT2D eigenvalue weighted by molar-refractivity contribution is 0.0882. The van der Waals surface area contributed by atoms with Crippen LogP contribution in [0.2, 0.25) is 0 Å². The lowest BCUT2D eigenvalue weighted by Gasteiger charge is -2.14. The molecule has 0 aliphatic heterocycles. The molecule has 134 valence electrons. The van der Waals surface area contributed by atoms with E-state index in [0.717, 1.165) is 6.20 Å². The molecule has 0 fully saturated rings. The maximum Gasteiger partial charge on any atom is 0.279 e. The summed E-state index contributed by atoms with van der Waals surface area (Å²) in [5.41, 5.74) is -0.0553. The van der Waals surface area contributed by atoms with Crippen molar-refractivity contribution < 1.29 is 18.9 Å². The van der Waals surface area contributed by atoms with Gasteiger partial charge in [-0.05, 0) is 13.3 Å². The summed E-state index contributed by atoms with van der Waals surface area (Å²) in [5.74, 6) is -0.235. The van der Waals surface area contributed by atoms with Gasteiger partial charge in [0, 0.05) is 6.20 Å². The molecule has 0 spiro atoms. The smallest absolute Gasteiger partial charge is 0.279 e. The molecule has 0 saturated carbocycles. The van der Waals surface area contributed by atoms with Crippen molar-refractivity contribution in [2.45, 2.75) is 40.2 Å². The molecule has 0 aliphatic rings. The first-order valence-electron chi connectivity index (χ1n) is 7.50. The minimum Gasteiger partial charge on any atom is -0.362 e. The highest BCUT2D eigenvalue weighted by Crippen LogP contribution is 2.25. The van der Waals surface area contributed by atoms with E-state index in [0.29, 0.717) is 12.2 Å². The van der Waals surface area contributed by atoms with Crippen molar-refractivity contribution in [3.8, 4) is 0 Å². The molecule has 10 heteroatoms. The zero-order valence-corrected chi connectivity index (χ0v) is 14.9. The number of aromatic amines is 1. The molecule has 2 rings (SSSR count). The third kappa shape index (κ3) is 5.17. The highest BCUT2D eigenvalue weighted by Gasteiger charge is 2.16. The maximum absolute atomic E-state index is 14.2. The largest absolute Gasteiger partial charge is 0.362 e. The van der Waals surface area contributed by atoms with E-state index in [4.69, 9.17) is 14.5 Å². The second-order valence-corrected chi connectivity index (χ2v) is 5.56. The fraction of sp³-hybridized carbons (Fsp3) is 0.500. The van der Waals surface area contributed by atoms with Gasteiger partial charge in [-0.3, -0.25) is 9.36 Å². The zero-order valence-electron chi connectivity index (χ0n) is 14.0. The fourth-order valence-corrected chi connectivity index (χ4v) is 2.21.